The van der Waals surface area contributed by atoms with E-state index >= 15 is 4.39 Å². The second-order valence-corrected chi connectivity index (χ2v) is 14.2. The van der Waals surface area contributed by atoms with Crippen molar-refractivity contribution in [1.82, 2.24) is 0 Å². The smallest absolute Gasteiger partial charge is 0.123 e. The normalized spacial score (nSPS) is 13.2. The Kier molecular flexibility index (Phi) is 6.41. The molecular formula is C51H32FN. The van der Waals surface area contributed by atoms with E-state index in [1.54, 1.807) is 12.1 Å². The molecule has 53 heavy (non-hydrogen) atoms. The fourth-order valence-corrected chi connectivity index (χ4v) is 9.33. The molecule has 0 atom stereocenters. The summed E-state index contributed by atoms with van der Waals surface area (Å²) in [6.07, 6.45) is 0. The lowest BCUT2D eigenvalue weighted by molar-refractivity contribution is 0.622. The minimum Gasteiger partial charge on any atom is -0.310 e. The van der Waals surface area contributed by atoms with Gasteiger partial charge in [-0.1, -0.05) is 152 Å². The monoisotopic (exact) mass is 677 g/mol. The van der Waals surface area contributed by atoms with Crippen molar-refractivity contribution < 1.29 is 4.39 Å². The van der Waals surface area contributed by atoms with Crippen LogP contribution in [0.5, 0.6) is 0 Å². The molecule has 9 aromatic rings. The summed E-state index contributed by atoms with van der Waals surface area (Å²) in [4.78, 5) is 2.41. The number of anilines is 3. The summed E-state index contributed by atoms with van der Waals surface area (Å²) in [6, 6.07) is 68.7. The molecule has 0 radical (unpaired) electrons. The maximum absolute atomic E-state index is 15.4. The van der Waals surface area contributed by atoms with Crippen LogP contribution < -0.4 is 4.90 Å². The highest BCUT2D eigenvalue weighted by Gasteiger charge is 2.52. The first-order valence-electron chi connectivity index (χ1n) is 18.2. The number of nitrogens with zero attached hydrogens (tertiary/aromatic N) is 1. The number of benzene rings is 9. The van der Waals surface area contributed by atoms with Gasteiger partial charge in [-0.15, -0.1) is 0 Å². The molecule has 0 fully saturated rings. The van der Waals surface area contributed by atoms with E-state index in [0.717, 1.165) is 33.8 Å². The molecule has 0 amide bonds. The zero-order valence-corrected chi connectivity index (χ0v) is 28.8. The van der Waals surface area contributed by atoms with Crippen LogP contribution in [-0.4, -0.2) is 0 Å². The number of fused-ring (bicyclic) bond motifs is 13. The Morgan fingerprint density at radius 1 is 0.377 bits per heavy atom. The Hall–Kier alpha value is -6.77. The second kappa shape index (κ2) is 11.4. The summed E-state index contributed by atoms with van der Waals surface area (Å²) >= 11 is 0. The van der Waals surface area contributed by atoms with E-state index in [4.69, 9.17) is 0 Å². The minimum atomic E-state index is -0.662. The van der Waals surface area contributed by atoms with Crippen molar-refractivity contribution in [2.24, 2.45) is 0 Å². The van der Waals surface area contributed by atoms with Crippen LogP contribution in [-0.2, 0) is 5.41 Å². The zero-order chi connectivity index (χ0) is 35.1. The predicted molar refractivity (Wildman–Crippen MR) is 218 cm³/mol. The van der Waals surface area contributed by atoms with Gasteiger partial charge in [0.25, 0.3) is 0 Å². The van der Waals surface area contributed by atoms with E-state index in [2.05, 4.69) is 181 Å². The SMILES string of the molecule is Fc1ccc2c(c1)C1(c3ccccc3-c3ccccc31)c1cc(N(c3ccc(-c4ccccc4)cc3)c3cccc4ccc5ccccc5c34)ccc1-2. The molecule has 1 nitrogen and oxygen atoms in total. The van der Waals surface area contributed by atoms with Gasteiger partial charge in [0.2, 0.25) is 0 Å². The molecule has 0 N–H and O–H groups in total. The summed E-state index contributed by atoms with van der Waals surface area (Å²) < 4.78 is 15.4. The van der Waals surface area contributed by atoms with Gasteiger partial charge in [0, 0.05) is 16.8 Å². The summed E-state index contributed by atoms with van der Waals surface area (Å²) in [6.45, 7) is 0. The lowest BCUT2D eigenvalue weighted by atomic mass is 9.70. The molecule has 9 aromatic carbocycles. The number of hydrogen-bond acceptors (Lipinski definition) is 1. The van der Waals surface area contributed by atoms with Gasteiger partial charge in [-0.05, 0) is 114 Å². The third-order valence-corrected chi connectivity index (χ3v) is 11.5. The molecule has 0 bridgehead atoms. The molecule has 0 heterocycles. The molecule has 2 heteroatoms. The van der Waals surface area contributed by atoms with Crippen molar-refractivity contribution >= 4 is 38.6 Å². The Morgan fingerprint density at radius 2 is 0.943 bits per heavy atom. The topological polar surface area (TPSA) is 3.24 Å². The Labute approximate surface area is 307 Å². The van der Waals surface area contributed by atoms with Crippen LogP contribution in [0.3, 0.4) is 0 Å². The largest absolute Gasteiger partial charge is 0.310 e. The van der Waals surface area contributed by atoms with Crippen LogP contribution in [0.2, 0.25) is 0 Å². The van der Waals surface area contributed by atoms with E-state index < -0.39 is 5.41 Å². The molecule has 11 rings (SSSR count). The Balaban J connectivity index is 1.21. The van der Waals surface area contributed by atoms with Crippen molar-refractivity contribution in [2.75, 3.05) is 4.90 Å². The predicted octanol–water partition coefficient (Wildman–Crippen LogP) is 13.6. The van der Waals surface area contributed by atoms with Crippen molar-refractivity contribution in [3.8, 4) is 33.4 Å². The molecule has 2 aliphatic carbocycles. The highest BCUT2D eigenvalue weighted by atomic mass is 19.1. The highest BCUT2D eigenvalue weighted by Crippen LogP contribution is 2.63. The van der Waals surface area contributed by atoms with E-state index in [0.29, 0.717) is 0 Å². The molecule has 0 aliphatic heterocycles. The summed E-state index contributed by atoms with van der Waals surface area (Å²) in [5.41, 5.74) is 14.1. The Bertz CT molecular complexity index is 2860. The molecule has 1 spiro atoms. The standard InChI is InChI=1S/C51H32FN/c52-37-25-29-43-44-30-28-39(32-48(44)51(47(43)31-37)45-18-8-6-16-41(45)42-17-7-9-19-46(42)51)53(38-26-23-34(24-27-38)33-11-2-1-3-12-33)49-20-10-14-36-22-21-35-13-4-5-15-40(35)50(36)49/h1-32H. The van der Waals surface area contributed by atoms with E-state index in [-0.39, 0.29) is 5.82 Å². The van der Waals surface area contributed by atoms with Gasteiger partial charge in [0.05, 0.1) is 11.1 Å². The molecule has 0 aromatic heterocycles. The summed E-state index contributed by atoms with van der Waals surface area (Å²) in [5.74, 6) is -0.221. The first-order valence-corrected chi connectivity index (χ1v) is 18.2. The number of hydrogen-bond donors (Lipinski definition) is 0. The quantitative estimate of drug-likeness (QED) is 0.168. The molecule has 2 aliphatic rings. The van der Waals surface area contributed by atoms with Gasteiger partial charge in [-0.25, -0.2) is 4.39 Å². The first-order chi connectivity index (χ1) is 26.2. The third-order valence-electron chi connectivity index (χ3n) is 11.5. The zero-order valence-electron chi connectivity index (χ0n) is 28.8. The minimum absolute atomic E-state index is 0.221. The second-order valence-electron chi connectivity index (χ2n) is 14.2. The molecular weight excluding hydrogens is 646 g/mol. The number of halogens is 1. The van der Waals surface area contributed by atoms with Gasteiger partial charge in [0.1, 0.15) is 5.82 Å². The fraction of sp³-hybridized carbons (Fsp3) is 0.0196. The summed E-state index contributed by atoms with van der Waals surface area (Å²) in [7, 11) is 0. The lowest BCUT2D eigenvalue weighted by Gasteiger charge is -2.32. The van der Waals surface area contributed by atoms with E-state index in [1.165, 1.54) is 60.5 Å². The maximum atomic E-state index is 15.4. The molecule has 248 valence electrons. The van der Waals surface area contributed by atoms with Crippen LogP contribution in [0.25, 0.3) is 54.9 Å². The first kappa shape index (κ1) is 29.9. The van der Waals surface area contributed by atoms with Crippen molar-refractivity contribution in [3.63, 3.8) is 0 Å². The summed E-state index contributed by atoms with van der Waals surface area (Å²) in [5, 5.41) is 4.81. The van der Waals surface area contributed by atoms with Crippen LogP contribution in [0.15, 0.2) is 194 Å². The molecule has 0 saturated carbocycles. The van der Waals surface area contributed by atoms with Gasteiger partial charge >= 0.3 is 0 Å². The number of rotatable bonds is 4. The van der Waals surface area contributed by atoms with Crippen LogP contribution in [0, 0.1) is 5.82 Å². The van der Waals surface area contributed by atoms with E-state index in [1.807, 2.05) is 6.07 Å². The van der Waals surface area contributed by atoms with Gasteiger partial charge < -0.3 is 4.90 Å². The fourth-order valence-electron chi connectivity index (χ4n) is 9.33. The van der Waals surface area contributed by atoms with Gasteiger partial charge in [-0.3, -0.25) is 0 Å². The third kappa shape index (κ3) is 4.24. The van der Waals surface area contributed by atoms with E-state index in [9.17, 15) is 0 Å². The van der Waals surface area contributed by atoms with Crippen LogP contribution in [0.4, 0.5) is 21.5 Å². The van der Waals surface area contributed by atoms with Gasteiger partial charge in [0.15, 0.2) is 0 Å². The highest BCUT2D eigenvalue weighted by molar-refractivity contribution is 6.15. The average Bonchev–Trinajstić information content (AvgIpc) is 3.68. The molecule has 0 saturated heterocycles. The van der Waals surface area contributed by atoms with Crippen molar-refractivity contribution in [3.05, 3.63) is 222 Å². The average molecular weight is 678 g/mol. The van der Waals surface area contributed by atoms with Crippen molar-refractivity contribution in [2.45, 2.75) is 5.41 Å². The van der Waals surface area contributed by atoms with Crippen LogP contribution >= 0.6 is 0 Å². The van der Waals surface area contributed by atoms with Crippen LogP contribution in [0.1, 0.15) is 22.3 Å². The van der Waals surface area contributed by atoms with Crippen molar-refractivity contribution in [1.29, 1.82) is 0 Å². The maximum Gasteiger partial charge on any atom is 0.123 e. The Morgan fingerprint density at radius 3 is 1.72 bits per heavy atom. The van der Waals surface area contributed by atoms with Gasteiger partial charge in [-0.2, -0.15) is 0 Å². The molecule has 0 unspecified atom stereocenters. The lowest BCUT2D eigenvalue weighted by Crippen LogP contribution is -2.26.